The van der Waals surface area contributed by atoms with Crippen LogP contribution in [0.3, 0.4) is 0 Å². The van der Waals surface area contributed by atoms with E-state index >= 15 is 0 Å². The zero-order chi connectivity index (χ0) is 31.7. The Bertz CT molecular complexity index is 1590. The highest BCUT2D eigenvalue weighted by molar-refractivity contribution is 7.80. The molecule has 43 heavy (non-hydrogen) atoms. The number of aromatic nitrogens is 1. The molecule has 0 aliphatic heterocycles. The number of rotatable bonds is 7. The first-order chi connectivity index (χ1) is 20.3. The van der Waals surface area contributed by atoms with Crippen LogP contribution in [0.15, 0.2) is 60.2 Å². The van der Waals surface area contributed by atoms with Crippen molar-refractivity contribution in [3.63, 3.8) is 0 Å². The fraction of sp³-hybridized carbons (Fsp3) is 0.0800. The number of thiocarbonyl (C=S) groups is 2. The van der Waals surface area contributed by atoms with Gasteiger partial charge in [0.05, 0.1) is 31.8 Å². The third-order valence-corrected chi connectivity index (χ3v) is 7.44. The number of anilines is 2. The van der Waals surface area contributed by atoms with Crippen molar-refractivity contribution in [2.75, 3.05) is 10.6 Å². The van der Waals surface area contributed by atoms with Gasteiger partial charge in [0.15, 0.2) is 0 Å². The zero-order valence-electron chi connectivity index (χ0n) is 21.9. The standard InChI is InChI=1S/C14H12BClFNO3S.C11H9BCl2N2O3S2/c1-8-4-2-3-5-13(8)21-14(22)18-12-6-9(15(19)20)11(17)7-10(12)16;13-8-2-9(14)10(1-7(8)12(17)18)16-11(20)19-4-6-3-15-5-21-6/h2-7,19-20H,1H3,(H,18,22);1-3,5,17-18H,4H2,(H,16,20). The van der Waals surface area contributed by atoms with Crippen LogP contribution in [0.4, 0.5) is 15.8 Å². The molecule has 3 aromatic carbocycles. The second-order valence-electron chi connectivity index (χ2n) is 8.40. The van der Waals surface area contributed by atoms with E-state index in [-0.39, 0.29) is 48.6 Å². The molecule has 1 heterocycles. The minimum atomic E-state index is -1.95. The molecule has 9 nitrogen and oxygen atoms in total. The van der Waals surface area contributed by atoms with Gasteiger partial charge in [0.25, 0.3) is 10.3 Å². The summed E-state index contributed by atoms with van der Waals surface area (Å²) in [6, 6.07) is 12.2. The van der Waals surface area contributed by atoms with Gasteiger partial charge in [-0.3, -0.25) is 4.98 Å². The number of aryl methyl sites for hydroxylation is 1. The topological polar surface area (TPSA) is 136 Å². The lowest BCUT2D eigenvalue weighted by Crippen LogP contribution is -2.33. The van der Waals surface area contributed by atoms with E-state index in [4.69, 9.17) is 78.8 Å². The van der Waals surface area contributed by atoms with E-state index < -0.39 is 20.1 Å². The molecule has 0 bridgehead atoms. The lowest BCUT2D eigenvalue weighted by molar-refractivity contribution is 0.303. The fourth-order valence-corrected chi connectivity index (χ4v) is 4.82. The maximum absolute atomic E-state index is 13.5. The molecular formula is C25H21B2Cl3FN3O6S3. The van der Waals surface area contributed by atoms with Gasteiger partial charge in [-0.15, -0.1) is 11.3 Å². The lowest BCUT2D eigenvalue weighted by Gasteiger charge is -2.13. The average molecular weight is 703 g/mol. The maximum atomic E-state index is 13.5. The van der Waals surface area contributed by atoms with Crippen LogP contribution in [0.2, 0.25) is 15.1 Å². The number of hydrogen-bond donors (Lipinski definition) is 6. The molecule has 4 rings (SSSR count). The predicted molar refractivity (Wildman–Crippen MR) is 179 cm³/mol. The quantitative estimate of drug-likeness (QED) is 0.122. The van der Waals surface area contributed by atoms with Crippen molar-refractivity contribution in [1.29, 1.82) is 0 Å². The van der Waals surface area contributed by atoms with E-state index in [1.54, 1.807) is 23.8 Å². The number of para-hydroxylation sites is 1. The van der Waals surface area contributed by atoms with Gasteiger partial charge in [0, 0.05) is 22.1 Å². The van der Waals surface area contributed by atoms with Crippen LogP contribution >= 0.6 is 70.6 Å². The molecule has 4 aromatic rings. The van der Waals surface area contributed by atoms with Crippen LogP contribution in [0.5, 0.6) is 5.75 Å². The molecule has 0 aliphatic carbocycles. The summed E-state index contributed by atoms with van der Waals surface area (Å²) < 4.78 is 24.3. The summed E-state index contributed by atoms with van der Waals surface area (Å²) in [7, 11) is -3.66. The van der Waals surface area contributed by atoms with Crippen molar-refractivity contribution in [2.24, 2.45) is 0 Å². The number of hydrogen-bond acceptors (Lipinski definition) is 10. The Labute approximate surface area is 276 Å². The molecule has 0 saturated carbocycles. The van der Waals surface area contributed by atoms with Gasteiger partial charge in [-0.1, -0.05) is 53.0 Å². The second kappa shape index (κ2) is 16.5. The van der Waals surface area contributed by atoms with E-state index in [1.165, 1.54) is 23.5 Å². The highest BCUT2D eigenvalue weighted by atomic mass is 35.5. The summed E-state index contributed by atoms with van der Waals surface area (Å²) in [5.74, 6) is -0.253. The largest absolute Gasteiger partial charge is 0.491 e. The van der Waals surface area contributed by atoms with Crippen LogP contribution in [-0.2, 0) is 11.3 Å². The molecule has 0 aliphatic rings. The summed E-state index contributed by atoms with van der Waals surface area (Å²) in [4.78, 5) is 4.85. The van der Waals surface area contributed by atoms with Gasteiger partial charge in [-0.25, -0.2) is 4.39 Å². The third-order valence-electron chi connectivity index (χ3n) is 5.33. The first kappa shape index (κ1) is 34.9. The molecule has 1 aromatic heterocycles. The molecular weight excluding hydrogens is 681 g/mol. The van der Waals surface area contributed by atoms with Gasteiger partial charge < -0.3 is 40.2 Å². The van der Waals surface area contributed by atoms with Crippen molar-refractivity contribution in [3.05, 3.63) is 91.6 Å². The second-order valence-corrected chi connectivity index (χ2v) is 11.3. The van der Waals surface area contributed by atoms with E-state index in [0.29, 0.717) is 11.4 Å². The molecule has 0 saturated heterocycles. The maximum Gasteiger partial charge on any atom is 0.491 e. The molecule has 0 fully saturated rings. The van der Waals surface area contributed by atoms with E-state index in [0.717, 1.165) is 22.6 Å². The molecule has 0 amide bonds. The minimum Gasteiger partial charge on any atom is -0.465 e. The fourth-order valence-electron chi connectivity index (χ4n) is 3.22. The Balaban J connectivity index is 0.000000236. The normalized spacial score (nSPS) is 10.3. The van der Waals surface area contributed by atoms with Crippen molar-refractivity contribution in [3.8, 4) is 5.75 Å². The van der Waals surface area contributed by atoms with Crippen molar-refractivity contribution < 1.29 is 34.0 Å². The van der Waals surface area contributed by atoms with Crippen molar-refractivity contribution in [2.45, 2.75) is 13.5 Å². The number of thiazole rings is 1. The van der Waals surface area contributed by atoms with Gasteiger partial charge >= 0.3 is 14.2 Å². The molecule has 0 radical (unpaired) electrons. The van der Waals surface area contributed by atoms with Gasteiger partial charge in [-0.2, -0.15) is 0 Å². The monoisotopic (exact) mass is 701 g/mol. The first-order valence-corrected chi connectivity index (χ1v) is 14.7. The molecule has 224 valence electrons. The van der Waals surface area contributed by atoms with Crippen LogP contribution < -0.4 is 26.3 Å². The average Bonchev–Trinajstić information content (AvgIpc) is 3.46. The number of benzene rings is 3. The zero-order valence-corrected chi connectivity index (χ0v) is 26.6. The summed E-state index contributed by atoms with van der Waals surface area (Å²) in [6.45, 7) is 2.15. The molecule has 0 unspecified atom stereocenters. The summed E-state index contributed by atoms with van der Waals surface area (Å²) in [6.07, 6.45) is 1.68. The van der Waals surface area contributed by atoms with Crippen LogP contribution in [-0.4, -0.2) is 49.7 Å². The molecule has 0 spiro atoms. The summed E-state index contributed by atoms with van der Waals surface area (Å²) >= 11 is 29.3. The Kier molecular flexibility index (Phi) is 13.4. The van der Waals surface area contributed by atoms with Gasteiger partial charge in [0.1, 0.15) is 18.2 Å². The Hall–Kier alpha value is -2.56. The third kappa shape index (κ3) is 10.5. The smallest absolute Gasteiger partial charge is 0.465 e. The number of ether oxygens (including phenoxy) is 2. The minimum absolute atomic E-state index is 0.00110. The molecule has 0 atom stereocenters. The summed E-state index contributed by atoms with van der Waals surface area (Å²) in [5.41, 5.74) is 2.98. The van der Waals surface area contributed by atoms with Crippen molar-refractivity contribution >= 4 is 117 Å². The Morgan fingerprint density at radius 2 is 1.51 bits per heavy atom. The van der Waals surface area contributed by atoms with Gasteiger partial charge in [-0.05, 0) is 67.3 Å². The molecule has 6 N–H and O–H groups in total. The first-order valence-electron chi connectivity index (χ1n) is 11.9. The lowest BCUT2D eigenvalue weighted by atomic mass is 9.79. The predicted octanol–water partition coefficient (Wildman–Crippen LogP) is 4.29. The Morgan fingerprint density at radius 1 is 0.907 bits per heavy atom. The number of nitrogens with zero attached hydrogens (tertiary/aromatic N) is 1. The van der Waals surface area contributed by atoms with Crippen LogP contribution in [0.1, 0.15) is 10.4 Å². The van der Waals surface area contributed by atoms with E-state index in [1.807, 2.05) is 19.1 Å². The van der Waals surface area contributed by atoms with Crippen molar-refractivity contribution in [1.82, 2.24) is 4.98 Å². The Morgan fingerprint density at radius 3 is 2.12 bits per heavy atom. The van der Waals surface area contributed by atoms with Crippen LogP contribution in [0, 0.1) is 12.7 Å². The van der Waals surface area contributed by atoms with E-state index in [9.17, 15) is 14.4 Å². The van der Waals surface area contributed by atoms with Gasteiger partial charge in [0.2, 0.25) is 0 Å². The SMILES string of the molecule is Cc1ccccc1OC(=S)Nc1cc(B(O)O)c(F)cc1Cl.OB(O)c1cc(NC(=S)OCc2cncs2)c(Cl)cc1Cl. The highest BCUT2D eigenvalue weighted by Crippen LogP contribution is 2.25. The number of nitrogens with one attached hydrogen (secondary N) is 2. The van der Waals surface area contributed by atoms with Crippen LogP contribution in [0.25, 0.3) is 0 Å². The summed E-state index contributed by atoms with van der Waals surface area (Å²) in [5, 5.41) is 42.7. The van der Waals surface area contributed by atoms with E-state index in [2.05, 4.69) is 15.6 Å². The molecule has 18 heteroatoms. The number of halogens is 4. The highest BCUT2D eigenvalue weighted by Gasteiger charge is 2.20.